The summed E-state index contributed by atoms with van der Waals surface area (Å²) >= 11 is 0. The molecular weight excluding hydrogens is 755 g/mol. The Morgan fingerprint density at radius 3 is 1.03 bits per heavy atom. The monoisotopic (exact) mass is 858 g/mol. The third kappa shape index (κ3) is 48.8. The van der Waals surface area contributed by atoms with Crippen LogP contribution >= 0.6 is 0 Å². The highest BCUT2D eigenvalue weighted by molar-refractivity contribution is 5.76. The van der Waals surface area contributed by atoms with Crippen molar-refractivity contribution in [1.29, 1.82) is 0 Å². The van der Waals surface area contributed by atoms with Crippen LogP contribution in [0.4, 0.5) is 0 Å². The van der Waals surface area contributed by atoms with E-state index in [1.165, 1.54) is 180 Å². The summed E-state index contributed by atoms with van der Waals surface area (Å²) in [5.74, 6) is -0.558. The van der Waals surface area contributed by atoms with Gasteiger partial charge in [-0.2, -0.15) is 0 Å². The zero-order valence-corrected chi connectivity index (χ0v) is 41.0. The van der Waals surface area contributed by atoms with Crippen LogP contribution in [0.3, 0.4) is 0 Å². The molecule has 0 bridgehead atoms. The second kappa shape index (κ2) is 50.5. The zero-order valence-electron chi connectivity index (χ0n) is 41.0. The molecule has 6 heteroatoms. The van der Waals surface area contributed by atoms with Gasteiger partial charge in [0.05, 0.1) is 6.54 Å². The molecule has 1 amide bonds. The average Bonchev–Trinajstić information content (AvgIpc) is 3.26. The SMILES string of the molecule is CCCCCCCCC=CCCCCCCCC(=O)NCC(COC(=O)CCCCCCCC=CCCCCCCCC)OC(=O)CCCCCCCCCCCCCCC. The van der Waals surface area contributed by atoms with Gasteiger partial charge in [0.2, 0.25) is 5.91 Å². The van der Waals surface area contributed by atoms with Gasteiger partial charge in [0.25, 0.3) is 0 Å². The molecule has 0 aliphatic rings. The van der Waals surface area contributed by atoms with Gasteiger partial charge in [0.15, 0.2) is 6.10 Å². The number of esters is 2. The molecule has 358 valence electrons. The minimum atomic E-state index is -0.661. The molecule has 0 aliphatic heterocycles. The van der Waals surface area contributed by atoms with Gasteiger partial charge in [0.1, 0.15) is 6.61 Å². The first-order valence-electron chi connectivity index (χ1n) is 26.9. The van der Waals surface area contributed by atoms with Crippen LogP contribution in [0.2, 0.25) is 0 Å². The number of amides is 1. The Balaban J connectivity index is 4.36. The predicted molar refractivity (Wildman–Crippen MR) is 263 cm³/mol. The molecule has 6 nitrogen and oxygen atoms in total. The van der Waals surface area contributed by atoms with E-state index in [2.05, 4.69) is 50.4 Å². The van der Waals surface area contributed by atoms with Crippen molar-refractivity contribution in [3.05, 3.63) is 24.3 Å². The molecule has 0 saturated carbocycles. The number of hydrogen-bond donors (Lipinski definition) is 1. The quantitative estimate of drug-likeness (QED) is 0.0374. The Labute approximate surface area is 379 Å². The normalized spacial score (nSPS) is 12.1. The number of allylic oxidation sites excluding steroid dienone is 4. The molecule has 0 aromatic carbocycles. The molecule has 0 heterocycles. The molecule has 0 rings (SSSR count). The lowest BCUT2D eigenvalue weighted by Crippen LogP contribution is -2.38. The van der Waals surface area contributed by atoms with Gasteiger partial charge in [-0.1, -0.05) is 225 Å². The Morgan fingerprint density at radius 2 is 0.672 bits per heavy atom. The van der Waals surface area contributed by atoms with Crippen molar-refractivity contribution in [2.75, 3.05) is 13.2 Å². The van der Waals surface area contributed by atoms with Crippen molar-refractivity contribution in [1.82, 2.24) is 5.32 Å². The number of rotatable bonds is 49. The third-order valence-electron chi connectivity index (χ3n) is 12.0. The Hall–Kier alpha value is -2.11. The fraction of sp³-hybridized carbons (Fsp3) is 0.873. The smallest absolute Gasteiger partial charge is 0.306 e. The Bertz CT molecular complexity index is 937. The van der Waals surface area contributed by atoms with Crippen LogP contribution in [0.25, 0.3) is 0 Å². The molecule has 0 aromatic rings. The first-order valence-corrected chi connectivity index (χ1v) is 26.9. The molecule has 0 aliphatic carbocycles. The van der Waals surface area contributed by atoms with E-state index in [-0.39, 0.29) is 31.0 Å². The summed E-state index contributed by atoms with van der Waals surface area (Å²) in [5, 5.41) is 2.96. The maximum atomic E-state index is 12.8. The van der Waals surface area contributed by atoms with Gasteiger partial charge in [-0.25, -0.2) is 0 Å². The lowest BCUT2D eigenvalue weighted by molar-refractivity contribution is -0.159. The number of ether oxygens (including phenoxy) is 2. The minimum Gasteiger partial charge on any atom is -0.462 e. The fourth-order valence-electron chi connectivity index (χ4n) is 7.94. The maximum Gasteiger partial charge on any atom is 0.306 e. The highest BCUT2D eigenvalue weighted by Crippen LogP contribution is 2.15. The van der Waals surface area contributed by atoms with Gasteiger partial charge in [-0.15, -0.1) is 0 Å². The van der Waals surface area contributed by atoms with E-state index in [0.717, 1.165) is 70.6 Å². The highest BCUT2D eigenvalue weighted by atomic mass is 16.6. The van der Waals surface area contributed by atoms with Crippen LogP contribution in [0, 0.1) is 0 Å². The second-order valence-corrected chi connectivity index (χ2v) is 18.3. The number of carbonyl (C=O) groups excluding carboxylic acids is 3. The summed E-state index contributed by atoms with van der Waals surface area (Å²) in [5.41, 5.74) is 0. The van der Waals surface area contributed by atoms with Gasteiger partial charge >= 0.3 is 11.9 Å². The molecule has 0 aromatic heterocycles. The van der Waals surface area contributed by atoms with Crippen LogP contribution < -0.4 is 5.32 Å². The van der Waals surface area contributed by atoms with Crippen molar-refractivity contribution in [3.8, 4) is 0 Å². The summed E-state index contributed by atoms with van der Waals surface area (Å²) < 4.78 is 11.4. The van der Waals surface area contributed by atoms with E-state index in [4.69, 9.17) is 9.47 Å². The number of unbranched alkanes of at least 4 members (excludes halogenated alkanes) is 34. The second-order valence-electron chi connectivity index (χ2n) is 18.3. The van der Waals surface area contributed by atoms with Gasteiger partial charge in [0, 0.05) is 19.3 Å². The Kier molecular flexibility index (Phi) is 48.8. The van der Waals surface area contributed by atoms with E-state index in [0.29, 0.717) is 19.3 Å². The minimum absolute atomic E-state index is 0.0120. The molecule has 61 heavy (non-hydrogen) atoms. The topological polar surface area (TPSA) is 81.7 Å². The third-order valence-corrected chi connectivity index (χ3v) is 12.0. The van der Waals surface area contributed by atoms with Crippen LogP contribution in [0.1, 0.15) is 290 Å². The first-order chi connectivity index (χ1) is 30.0. The maximum absolute atomic E-state index is 12.8. The van der Waals surface area contributed by atoms with Gasteiger partial charge < -0.3 is 14.8 Å². The van der Waals surface area contributed by atoms with Crippen LogP contribution in [0.5, 0.6) is 0 Å². The molecule has 0 fully saturated rings. The lowest BCUT2D eigenvalue weighted by Gasteiger charge is -2.19. The van der Waals surface area contributed by atoms with Crippen molar-refractivity contribution in [3.63, 3.8) is 0 Å². The molecule has 0 radical (unpaired) electrons. The van der Waals surface area contributed by atoms with Gasteiger partial charge in [-0.3, -0.25) is 14.4 Å². The van der Waals surface area contributed by atoms with Crippen LogP contribution in [-0.2, 0) is 23.9 Å². The van der Waals surface area contributed by atoms with Crippen molar-refractivity contribution < 1.29 is 23.9 Å². The average molecular weight is 858 g/mol. The summed E-state index contributed by atoms with van der Waals surface area (Å²) in [6.45, 7) is 6.96. The summed E-state index contributed by atoms with van der Waals surface area (Å²) in [6, 6.07) is 0. The molecular formula is C55H103NO5. The standard InChI is InChI=1S/C55H103NO5/c1-4-7-10-13-16-19-22-25-27-30-32-35-38-41-44-47-53(57)56-50-52(61-55(59)49-46-43-40-37-34-29-24-21-18-15-12-9-6-3)51-60-54(58)48-45-42-39-36-33-31-28-26-23-20-17-14-11-8-5-2/h25-28,52H,4-24,29-51H2,1-3H3,(H,56,57). The van der Waals surface area contributed by atoms with E-state index in [1.807, 2.05) is 0 Å². The zero-order chi connectivity index (χ0) is 44.4. The largest absolute Gasteiger partial charge is 0.462 e. The Morgan fingerprint density at radius 1 is 0.377 bits per heavy atom. The number of nitrogens with one attached hydrogen (secondary N) is 1. The molecule has 0 saturated heterocycles. The van der Waals surface area contributed by atoms with Gasteiger partial charge in [-0.05, 0) is 70.6 Å². The van der Waals surface area contributed by atoms with Crippen molar-refractivity contribution in [2.45, 2.75) is 297 Å². The predicted octanol–water partition coefficient (Wildman–Crippen LogP) is 17.1. The van der Waals surface area contributed by atoms with Crippen LogP contribution in [-0.4, -0.2) is 37.1 Å². The summed E-state index contributed by atoms with van der Waals surface area (Å²) in [4.78, 5) is 38.1. The van der Waals surface area contributed by atoms with E-state index < -0.39 is 6.10 Å². The van der Waals surface area contributed by atoms with E-state index >= 15 is 0 Å². The molecule has 1 N–H and O–H groups in total. The molecule has 0 spiro atoms. The van der Waals surface area contributed by atoms with Crippen molar-refractivity contribution >= 4 is 17.8 Å². The fourth-order valence-corrected chi connectivity index (χ4v) is 7.94. The molecule has 1 atom stereocenters. The number of carbonyl (C=O) groups is 3. The molecule has 1 unspecified atom stereocenters. The highest BCUT2D eigenvalue weighted by Gasteiger charge is 2.18. The first kappa shape index (κ1) is 58.9. The van der Waals surface area contributed by atoms with E-state index in [1.54, 1.807) is 0 Å². The summed E-state index contributed by atoms with van der Waals surface area (Å²) in [7, 11) is 0. The van der Waals surface area contributed by atoms with E-state index in [9.17, 15) is 14.4 Å². The van der Waals surface area contributed by atoms with Crippen LogP contribution in [0.15, 0.2) is 24.3 Å². The van der Waals surface area contributed by atoms with Crippen molar-refractivity contribution in [2.24, 2.45) is 0 Å². The lowest BCUT2D eigenvalue weighted by atomic mass is 10.0. The summed E-state index contributed by atoms with van der Waals surface area (Å²) in [6.07, 6.45) is 58.0. The number of hydrogen-bond acceptors (Lipinski definition) is 5.